The Hall–Kier alpha value is -3.28. The van der Waals surface area contributed by atoms with Crippen LogP contribution in [0.4, 0.5) is 4.39 Å². The van der Waals surface area contributed by atoms with E-state index in [0.717, 1.165) is 24.0 Å². The third kappa shape index (κ3) is 5.10. The average Bonchev–Trinajstić information content (AvgIpc) is 3.51. The van der Waals surface area contributed by atoms with Crippen LogP contribution in [0.1, 0.15) is 24.1 Å². The highest BCUT2D eigenvalue weighted by molar-refractivity contribution is 5.87. The predicted molar refractivity (Wildman–Crippen MR) is 105 cm³/mol. The Balaban J connectivity index is 1.92. The largest absolute Gasteiger partial charge is 0.398 e. The molecule has 1 heterocycles. The normalized spacial score (nSPS) is 14.3. The molecular weight excluding hydrogens is 343 g/mol. The van der Waals surface area contributed by atoms with Gasteiger partial charge in [0.05, 0.1) is 18.3 Å². The average molecular weight is 364 g/mol. The summed E-state index contributed by atoms with van der Waals surface area (Å²) in [7, 11) is 0. The molecule has 138 valence electrons. The van der Waals surface area contributed by atoms with Crippen LogP contribution < -0.4 is 11.1 Å². The highest BCUT2D eigenvalue weighted by atomic mass is 19.1. The number of hydrogen-bond donors (Lipinski definition) is 2. The predicted octanol–water partition coefficient (Wildman–Crippen LogP) is 3.22. The molecule has 0 atom stereocenters. The summed E-state index contributed by atoms with van der Waals surface area (Å²) in [6, 6.07) is 8.45. The van der Waals surface area contributed by atoms with Gasteiger partial charge in [0.15, 0.2) is 0 Å². The van der Waals surface area contributed by atoms with Crippen molar-refractivity contribution in [2.24, 2.45) is 10.7 Å². The lowest BCUT2D eigenvalue weighted by Crippen LogP contribution is -2.22. The molecule has 2 aromatic rings. The van der Waals surface area contributed by atoms with Crippen LogP contribution in [0, 0.1) is 5.82 Å². The van der Waals surface area contributed by atoms with E-state index < -0.39 is 0 Å². The number of rotatable bonds is 7. The monoisotopic (exact) mass is 364 g/mol. The molecular formula is C21H21FN4O. The molecule has 1 saturated carbocycles. The molecule has 1 fully saturated rings. The van der Waals surface area contributed by atoms with Gasteiger partial charge < -0.3 is 11.1 Å². The maximum absolute atomic E-state index is 13.2. The molecule has 0 bridgehead atoms. The molecule has 1 aliphatic carbocycles. The molecule has 1 aromatic carbocycles. The quantitative estimate of drug-likeness (QED) is 0.585. The zero-order valence-corrected chi connectivity index (χ0v) is 14.9. The minimum absolute atomic E-state index is 0.220. The zero-order chi connectivity index (χ0) is 19.2. The number of allylic oxidation sites excluding steroid dienone is 1. The summed E-state index contributed by atoms with van der Waals surface area (Å²) in [4.78, 5) is 20.3. The molecule has 0 unspecified atom stereocenters. The summed E-state index contributed by atoms with van der Waals surface area (Å²) < 4.78 is 13.2. The number of hydrogen-bond acceptors (Lipinski definition) is 4. The first-order valence-electron chi connectivity index (χ1n) is 8.71. The lowest BCUT2D eigenvalue weighted by molar-refractivity contribution is -0.116. The SMILES string of the molecule is C=CC(=O)NCc1ncc(-c2ccc(F)cc2)cc1/C(N)=C/C=NC1CC1. The Morgan fingerprint density at radius 1 is 1.33 bits per heavy atom. The minimum atomic E-state index is -0.300. The van der Waals surface area contributed by atoms with E-state index in [1.54, 1.807) is 30.6 Å². The van der Waals surface area contributed by atoms with Crippen LogP contribution >= 0.6 is 0 Å². The number of amides is 1. The van der Waals surface area contributed by atoms with Crippen molar-refractivity contribution in [2.45, 2.75) is 25.4 Å². The number of carbonyl (C=O) groups excluding carboxylic acids is 1. The van der Waals surface area contributed by atoms with Crippen LogP contribution in [0.3, 0.4) is 0 Å². The Labute approximate surface area is 157 Å². The molecule has 3 N–H and O–H groups in total. The number of nitrogens with one attached hydrogen (secondary N) is 1. The Bertz CT molecular complexity index is 899. The van der Waals surface area contributed by atoms with Crippen molar-refractivity contribution in [3.8, 4) is 11.1 Å². The first-order chi connectivity index (χ1) is 13.1. The zero-order valence-electron chi connectivity index (χ0n) is 14.9. The lowest BCUT2D eigenvalue weighted by atomic mass is 10.0. The van der Waals surface area contributed by atoms with E-state index in [1.807, 2.05) is 6.07 Å². The summed E-state index contributed by atoms with van der Waals surface area (Å²) in [5, 5.41) is 2.71. The van der Waals surface area contributed by atoms with Crippen LogP contribution in [-0.2, 0) is 11.3 Å². The molecule has 1 amide bonds. The number of halogens is 1. The van der Waals surface area contributed by atoms with Crippen LogP contribution in [-0.4, -0.2) is 23.1 Å². The molecule has 0 aliphatic heterocycles. The topological polar surface area (TPSA) is 80.4 Å². The number of nitrogens with zero attached hydrogens (tertiary/aromatic N) is 2. The fourth-order valence-corrected chi connectivity index (χ4v) is 2.49. The van der Waals surface area contributed by atoms with Gasteiger partial charge in [-0.2, -0.15) is 0 Å². The van der Waals surface area contributed by atoms with Gasteiger partial charge in [0.1, 0.15) is 5.82 Å². The maximum Gasteiger partial charge on any atom is 0.243 e. The fourth-order valence-electron chi connectivity index (χ4n) is 2.49. The first kappa shape index (κ1) is 18.5. The van der Waals surface area contributed by atoms with Crippen molar-refractivity contribution >= 4 is 17.8 Å². The van der Waals surface area contributed by atoms with E-state index in [4.69, 9.17) is 5.73 Å². The first-order valence-corrected chi connectivity index (χ1v) is 8.71. The summed E-state index contributed by atoms with van der Waals surface area (Å²) in [6.45, 7) is 3.66. The molecule has 27 heavy (non-hydrogen) atoms. The maximum atomic E-state index is 13.2. The molecule has 0 radical (unpaired) electrons. The summed E-state index contributed by atoms with van der Waals surface area (Å²) in [5.41, 5.74) is 9.71. The number of pyridine rings is 1. The summed E-state index contributed by atoms with van der Waals surface area (Å²) in [5.74, 6) is -0.588. The van der Waals surface area contributed by atoms with Crippen molar-refractivity contribution in [3.05, 3.63) is 72.3 Å². The van der Waals surface area contributed by atoms with Gasteiger partial charge in [-0.15, -0.1) is 0 Å². The molecule has 1 aromatic heterocycles. The number of aliphatic imine (C=N–C) groups is 1. The third-order valence-electron chi connectivity index (χ3n) is 4.17. The highest BCUT2D eigenvalue weighted by Crippen LogP contribution is 2.25. The lowest BCUT2D eigenvalue weighted by Gasteiger charge is -2.12. The number of carbonyl (C=O) groups is 1. The van der Waals surface area contributed by atoms with Gasteiger partial charge in [-0.3, -0.25) is 14.8 Å². The van der Waals surface area contributed by atoms with Gasteiger partial charge >= 0.3 is 0 Å². The van der Waals surface area contributed by atoms with E-state index in [0.29, 0.717) is 23.0 Å². The van der Waals surface area contributed by atoms with Crippen LogP contribution in [0.5, 0.6) is 0 Å². The van der Waals surface area contributed by atoms with E-state index >= 15 is 0 Å². The van der Waals surface area contributed by atoms with Crippen molar-refractivity contribution in [2.75, 3.05) is 0 Å². The van der Waals surface area contributed by atoms with Crippen LogP contribution in [0.2, 0.25) is 0 Å². The van der Waals surface area contributed by atoms with E-state index in [9.17, 15) is 9.18 Å². The van der Waals surface area contributed by atoms with E-state index in [2.05, 4.69) is 21.9 Å². The number of benzene rings is 1. The fraction of sp³-hybridized carbons (Fsp3) is 0.190. The second-order valence-corrected chi connectivity index (χ2v) is 6.30. The van der Waals surface area contributed by atoms with E-state index in [1.165, 1.54) is 18.2 Å². The Morgan fingerprint density at radius 3 is 2.74 bits per heavy atom. The molecule has 1 aliphatic rings. The van der Waals surface area contributed by atoms with Gasteiger partial charge in [-0.1, -0.05) is 18.7 Å². The van der Waals surface area contributed by atoms with Gasteiger partial charge in [-0.25, -0.2) is 4.39 Å². The molecule has 3 rings (SSSR count). The second kappa shape index (κ2) is 8.40. The van der Waals surface area contributed by atoms with Crippen LogP contribution in [0.15, 0.2) is 60.3 Å². The molecule has 0 spiro atoms. The highest BCUT2D eigenvalue weighted by Gasteiger charge is 2.18. The standard InChI is InChI=1S/C21H21FN4O/c1-2-21(27)26-13-20-18(19(23)9-10-24-17-7-8-17)11-15(12-25-20)14-3-5-16(22)6-4-14/h2-6,9-12,17H,1,7-8,13,23H2,(H,26,27)/b19-9-,24-10?. The van der Waals surface area contributed by atoms with Gasteiger partial charge in [0.25, 0.3) is 0 Å². The van der Waals surface area contributed by atoms with E-state index in [-0.39, 0.29) is 18.3 Å². The van der Waals surface area contributed by atoms with Crippen molar-refractivity contribution in [1.82, 2.24) is 10.3 Å². The smallest absolute Gasteiger partial charge is 0.243 e. The Kier molecular flexibility index (Phi) is 5.76. The van der Waals surface area contributed by atoms with Crippen molar-refractivity contribution < 1.29 is 9.18 Å². The van der Waals surface area contributed by atoms with Gasteiger partial charge in [-0.05, 0) is 48.8 Å². The van der Waals surface area contributed by atoms with Gasteiger partial charge in [0, 0.05) is 29.2 Å². The molecule has 5 nitrogen and oxygen atoms in total. The Morgan fingerprint density at radius 2 is 2.07 bits per heavy atom. The number of nitrogens with two attached hydrogens (primary N) is 1. The molecule has 6 heteroatoms. The minimum Gasteiger partial charge on any atom is -0.398 e. The van der Waals surface area contributed by atoms with Crippen LogP contribution in [0.25, 0.3) is 16.8 Å². The second-order valence-electron chi connectivity index (χ2n) is 6.30. The third-order valence-corrected chi connectivity index (χ3v) is 4.17. The molecule has 0 saturated heterocycles. The van der Waals surface area contributed by atoms with Crippen molar-refractivity contribution in [1.29, 1.82) is 0 Å². The number of aromatic nitrogens is 1. The van der Waals surface area contributed by atoms with Crippen molar-refractivity contribution in [3.63, 3.8) is 0 Å². The summed E-state index contributed by atoms with van der Waals surface area (Å²) >= 11 is 0. The van der Waals surface area contributed by atoms with Gasteiger partial charge in [0.2, 0.25) is 5.91 Å². The summed E-state index contributed by atoms with van der Waals surface area (Å²) in [6.07, 6.45) is 8.56.